The highest BCUT2D eigenvalue weighted by Crippen LogP contribution is 2.40. The molecule has 0 bridgehead atoms. The predicted octanol–water partition coefficient (Wildman–Crippen LogP) is 3.80. The maximum atomic E-state index is 11.8. The van der Waals surface area contributed by atoms with Crippen LogP contribution in [0.5, 0.6) is 0 Å². The second-order valence-corrected chi connectivity index (χ2v) is 7.18. The number of likely N-dealkylation sites (tertiary alicyclic amines) is 1. The lowest BCUT2D eigenvalue weighted by Crippen LogP contribution is -2.50. The Morgan fingerprint density at radius 1 is 1.15 bits per heavy atom. The zero-order chi connectivity index (χ0) is 14.8. The Labute approximate surface area is 123 Å². The highest BCUT2D eigenvalue weighted by Gasteiger charge is 2.39. The molecule has 0 atom stereocenters. The summed E-state index contributed by atoms with van der Waals surface area (Å²) < 4.78 is 0. The van der Waals surface area contributed by atoms with Crippen molar-refractivity contribution in [3.05, 3.63) is 35.9 Å². The standard InChI is InChI=1S/C18H27NO/c1-15(20)14-18(16-8-6-5-7-9-16)10-12-19(13-11-18)17(2,3)4/h5-9H,10-14H2,1-4H3. The summed E-state index contributed by atoms with van der Waals surface area (Å²) in [5.41, 5.74) is 1.61. The van der Waals surface area contributed by atoms with E-state index in [0.29, 0.717) is 12.2 Å². The van der Waals surface area contributed by atoms with Gasteiger partial charge in [0.1, 0.15) is 5.78 Å². The normalized spacial score (nSPS) is 19.8. The molecule has 2 heteroatoms. The van der Waals surface area contributed by atoms with Gasteiger partial charge in [-0.2, -0.15) is 0 Å². The SMILES string of the molecule is CC(=O)CC1(c2ccccc2)CCN(C(C)(C)C)CC1. The zero-order valence-electron chi connectivity index (χ0n) is 13.3. The minimum atomic E-state index is 0.0504. The largest absolute Gasteiger partial charge is 0.300 e. The van der Waals surface area contributed by atoms with Crippen LogP contribution in [0.3, 0.4) is 0 Å². The number of benzene rings is 1. The van der Waals surface area contributed by atoms with Gasteiger partial charge in [-0.15, -0.1) is 0 Å². The fourth-order valence-corrected chi connectivity index (χ4v) is 3.44. The van der Waals surface area contributed by atoms with Crippen LogP contribution >= 0.6 is 0 Å². The van der Waals surface area contributed by atoms with Gasteiger partial charge in [0, 0.05) is 17.4 Å². The number of carbonyl (C=O) groups excluding carboxylic acids is 1. The fraction of sp³-hybridized carbons (Fsp3) is 0.611. The average Bonchev–Trinajstić information content (AvgIpc) is 2.38. The molecule has 2 rings (SSSR count). The van der Waals surface area contributed by atoms with Gasteiger partial charge in [-0.1, -0.05) is 30.3 Å². The summed E-state index contributed by atoms with van der Waals surface area (Å²) in [6, 6.07) is 10.6. The van der Waals surface area contributed by atoms with Crippen LogP contribution in [0.1, 0.15) is 52.5 Å². The molecule has 0 unspecified atom stereocenters. The van der Waals surface area contributed by atoms with Crippen LogP contribution in [-0.2, 0) is 10.2 Å². The maximum Gasteiger partial charge on any atom is 0.130 e. The highest BCUT2D eigenvalue weighted by molar-refractivity contribution is 5.77. The molecule has 2 nitrogen and oxygen atoms in total. The van der Waals surface area contributed by atoms with E-state index in [1.807, 2.05) is 0 Å². The summed E-state index contributed by atoms with van der Waals surface area (Å²) in [7, 11) is 0. The zero-order valence-corrected chi connectivity index (χ0v) is 13.3. The van der Waals surface area contributed by atoms with E-state index in [0.717, 1.165) is 25.9 Å². The van der Waals surface area contributed by atoms with Crippen molar-refractivity contribution < 1.29 is 4.79 Å². The summed E-state index contributed by atoms with van der Waals surface area (Å²) in [6.07, 6.45) is 2.83. The number of hydrogen-bond donors (Lipinski definition) is 0. The van der Waals surface area contributed by atoms with Crippen molar-refractivity contribution in [3.8, 4) is 0 Å². The van der Waals surface area contributed by atoms with Gasteiger partial charge in [0.25, 0.3) is 0 Å². The molecule has 0 aromatic heterocycles. The lowest BCUT2D eigenvalue weighted by molar-refractivity contribution is -0.118. The van der Waals surface area contributed by atoms with E-state index in [1.54, 1.807) is 6.92 Å². The molecule has 1 heterocycles. The van der Waals surface area contributed by atoms with Crippen LogP contribution in [0.25, 0.3) is 0 Å². The first-order valence-electron chi connectivity index (χ1n) is 7.64. The van der Waals surface area contributed by atoms with Crippen molar-refractivity contribution in [2.75, 3.05) is 13.1 Å². The van der Waals surface area contributed by atoms with Crippen LogP contribution in [0, 0.1) is 0 Å². The van der Waals surface area contributed by atoms with Crippen molar-refractivity contribution >= 4 is 5.78 Å². The van der Waals surface area contributed by atoms with Gasteiger partial charge < -0.3 is 0 Å². The molecule has 0 aliphatic carbocycles. The molecule has 0 N–H and O–H groups in total. The van der Waals surface area contributed by atoms with Gasteiger partial charge in [0.05, 0.1) is 0 Å². The molecule has 1 saturated heterocycles. The van der Waals surface area contributed by atoms with Gasteiger partial charge in [0.15, 0.2) is 0 Å². The Hall–Kier alpha value is -1.15. The van der Waals surface area contributed by atoms with E-state index >= 15 is 0 Å². The van der Waals surface area contributed by atoms with Crippen LogP contribution in [0.2, 0.25) is 0 Å². The molecule has 110 valence electrons. The first kappa shape index (κ1) is 15.2. The first-order chi connectivity index (χ1) is 9.33. The molecule has 0 saturated carbocycles. The smallest absolute Gasteiger partial charge is 0.130 e. The molecule has 1 aliphatic rings. The lowest BCUT2D eigenvalue weighted by Gasteiger charge is -2.46. The Bertz CT molecular complexity index is 450. The number of nitrogens with zero attached hydrogens (tertiary/aromatic N) is 1. The number of ketones is 1. The first-order valence-corrected chi connectivity index (χ1v) is 7.64. The van der Waals surface area contributed by atoms with Crippen LogP contribution in [0.4, 0.5) is 0 Å². The number of hydrogen-bond acceptors (Lipinski definition) is 2. The molecule has 1 aliphatic heterocycles. The minimum absolute atomic E-state index is 0.0504. The minimum Gasteiger partial charge on any atom is -0.300 e. The third-order valence-electron chi connectivity index (χ3n) is 4.64. The van der Waals surface area contributed by atoms with Crippen LogP contribution < -0.4 is 0 Å². The van der Waals surface area contributed by atoms with E-state index in [4.69, 9.17) is 0 Å². The van der Waals surface area contributed by atoms with E-state index in [2.05, 4.69) is 56.0 Å². The third-order valence-corrected chi connectivity index (χ3v) is 4.64. The van der Waals surface area contributed by atoms with Crippen LogP contribution in [-0.4, -0.2) is 29.3 Å². The van der Waals surface area contributed by atoms with Crippen molar-refractivity contribution in [2.45, 2.75) is 57.9 Å². The molecule has 0 amide bonds. The van der Waals surface area contributed by atoms with Crippen molar-refractivity contribution in [3.63, 3.8) is 0 Å². The predicted molar refractivity (Wildman–Crippen MR) is 84.0 cm³/mol. The fourth-order valence-electron chi connectivity index (χ4n) is 3.44. The Morgan fingerprint density at radius 3 is 2.15 bits per heavy atom. The quantitative estimate of drug-likeness (QED) is 0.835. The Balaban J connectivity index is 2.22. The topological polar surface area (TPSA) is 20.3 Å². The highest BCUT2D eigenvalue weighted by atomic mass is 16.1. The van der Waals surface area contributed by atoms with Crippen LogP contribution in [0.15, 0.2) is 30.3 Å². The van der Waals surface area contributed by atoms with Crippen molar-refractivity contribution in [2.24, 2.45) is 0 Å². The molecule has 0 spiro atoms. The Morgan fingerprint density at radius 2 is 1.70 bits per heavy atom. The maximum absolute atomic E-state index is 11.8. The van der Waals surface area contributed by atoms with Gasteiger partial charge >= 0.3 is 0 Å². The van der Waals surface area contributed by atoms with Crippen molar-refractivity contribution in [1.82, 2.24) is 4.90 Å². The molecule has 1 fully saturated rings. The second-order valence-electron chi connectivity index (χ2n) is 7.18. The average molecular weight is 273 g/mol. The number of carbonyl (C=O) groups is 1. The Kier molecular flexibility index (Phi) is 4.33. The summed E-state index contributed by atoms with van der Waals surface area (Å²) >= 11 is 0. The monoisotopic (exact) mass is 273 g/mol. The van der Waals surface area contributed by atoms with E-state index < -0.39 is 0 Å². The van der Waals surface area contributed by atoms with Gasteiger partial charge in [-0.05, 0) is 59.2 Å². The molecule has 20 heavy (non-hydrogen) atoms. The molecule has 1 aromatic rings. The second kappa shape index (κ2) is 5.69. The molecule has 0 radical (unpaired) electrons. The summed E-state index contributed by atoms with van der Waals surface area (Å²) in [5, 5.41) is 0. The van der Waals surface area contributed by atoms with Gasteiger partial charge in [0.2, 0.25) is 0 Å². The summed E-state index contributed by atoms with van der Waals surface area (Å²) in [4.78, 5) is 14.3. The van der Waals surface area contributed by atoms with E-state index in [-0.39, 0.29) is 11.0 Å². The number of Topliss-reactive ketones (excluding diaryl/α,β-unsaturated/α-hetero) is 1. The third kappa shape index (κ3) is 3.29. The van der Waals surface area contributed by atoms with E-state index in [1.165, 1.54) is 5.56 Å². The number of rotatable bonds is 3. The molecule has 1 aromatic carbocycles. The van der Waals surface area contributed by atoms with Crippen molar-refractivity contribution in [1.29, 1.82) is 0 Å². The molecular formula is C18H27NO. The molecular weight excluding hydrogens is 246 g/mol. The lowest BCUT2D eigenvalue weighted by atomic mass is 9.69. The van der Waals surface area contributed by atoms with Gasteiger partial charge in [-0.25, -0.2) is 0 Å². The number of piperidine rings is 1. The summed E-state index contributed by atoms with van der Waals surface area (Å²) in [5.74, 6) is 0.304. The van der Waals surface area contributed by atoms with E-state index in [9.17, 15) is 4.79 Å². The van der Waals surface area contributed by atoms with Gasteiger partial charge in [-0.3, -0.25) is 9.69 Å². The summed E-state index contributed by atoms with van der Waals surface area (Å²) in [6.45, 7) is 10.7.